The molecule has 0 saturated carbocycles. The number of hydrogen-bond acceptors (Lipinski definition) is 5. The van der Waals surface area contributed by atoms with Crippen molar-refractivity contribution in [3.8, 4) is 11.1 Å². The third-order valence-electron chi connectivity index (χ3n) is 4.16. The van der Waals surface area contributed by atoms with Gasteiger partial charge in [-0.05, 0) is 43.0 Å². The number of ketones is 1. The van der Waals surface area contributed by atoms with E-state index >= 15 is 0 Å². The van der Waals surface area contributed by atoms with Crippen LogP contribution < -0.4 is 0 Å². The lowest BCUT2D eigenvalue weighted by molar-refractivity contribution is -0.166. The largest absolute Gasteiger partial charge is 0.389 e. The van der Waals surface area contributed by atoms with Gasteiger partial charge in [-0.2, -0.15) is 0 Å². The van der Waals surface area contributed by atoms with Crippen LogP contribution in [-0.2, 0) is 19.7 Å². The van der Waals surface area contributed by atoms with Gasteiger partial charge in [-0.25, -0.2) is 8.42 Å². The fourth-order valence-corrected chi connectivity index (χ4v) is 4.49. The molecule has 2 aromatic rings. The van der Waals surface area contributed by atoms with E-state index in [1.165, 1.54) is 12.1 Å². The summed E-state index contributed by atoms with van der Waals surface area (Å²) in [7, 11) is -4.12. The number of Topliss-reactive ketones (excluding diaryl/α,β-unsaturated/α-hetero) is 1. The third kappa shape index (κ3) is 5.96. The predicted molar refractivity (Wildman–Crippen MR) is 115 cm³/mol. The summed E-state index contributed by atoms with van der Waals surface area (Å²) in [6.45, 7) is 6.03. The van der Waals surface area contributed by atoms with Crippen molar-refractivity contribution in [3.63, 3.8) is 0 Å². The molecule has 1 atom stereocenters. The highest BCUT2D eigenvalue weighted by Gasteiger charge is 2.39. The van der Waals surface area contributed by atoms with Crippen LogP contribution >= 0.6 is 0 Å². The van der Waals surface area contributed by atoms with E-state index in [-0.39, 0.29) is 18.2 Å². The van der Waals surface area contributed by atoms with Gasteiger partial charge in [0.2, 0.25) is 0 Å². The number of nitrogens with zero attached hydrogens (tertiary/aromatic N) is 1. The van der Waals surface area contributed by atoms with Gasteiger partial charge in [-0.3, -0.25) is 9.63 Å². The summed E-state index contributed by atoms with van der Waals surface area (Å²) in [6.07, 6.45) is -0.467. The van der Waals surface area contributed by atoms with Crippen LogP contribution in [-0.4, -0.2) is 42.5 Å². The molecule has 0 aromatic heterocycles. The van der Waals surface area contributed by atoms with Crippen LogP contribution in [0.5, 0.6) is 0 Å². The summed E-state index contributed by atoms with van der Waals surface area (Å²) in [5.74, 6) is -0.989. The molecule has 0 bridgehead atoms. The summed E-state index contributed by atoms with van der Waals surface area (Å²) in [4.78, 5) is 17.8. The number of benzene rings is 2. The fourth-order valence-electron chi connectivity index (χ4n) is 2.86. The molecule has 0 heterocycles. The Morgan fingerprint density at radius 2 is 1.48 bits per heavy atom. The molecule has 29 heavy (non-hydrogen) atoms. The molecular formula is C22H31NO5S. The minimum atomic E-state index is -4.12. The summed E-state index contributed by atoms with van der Waals surface area (Å²) in [5, 5.41) is 9.31. The van der Waals surface area contributed by atoms with E-state index in [9.17, 15) is 18.3 Å². The van der Waals surface area contributed by atoms with Gasteiger partial charge in [0.15, 0.2) is 5.78 Å². The van der Waals surface area contributed by atoms with Gasteiger partial charge in [0.1, 0.15) is 12.6 Å². The quantitative estimate of drug-likeness (QED) is 0.621. The Morgan fingerprint density at radius 3 is 1.93 bits per heavy atom. The van der Waals surface area contributed by atoms with Gasteiger partial charge in [0.05, 0.1) is 11.0 Å². The minimum absolute atomic E-state index is 0. The van der Waals surface area contributed by atoms with Crippen LogP contribution in [0.4, 0.5) is 0 Å². The second-order valence-electron chi connectivity index (χ2n) is 7.12. The lowest BCUT2D eigenvalue weighted by Gasteiger charge is -2.32. The zero-order valence-corrected chi connectivity index (χ0v) is 17.4. The third-order valence-corrected chi connectivity index (χ3v) is 5.81. The Kier molecular flexibility index (Phi) is 9.16. The van der Waals surface area contributed by atoms with Gasteiger partial charge in [-0.1, -0.05) is 68.2 Å². The second kappa shape index (κ2) is 10.6. The highest BCUT2D eigenvalue weighted by molar-refractivity contribution is 7.89. The second-order valence-corrected chi connectivity index (χ2v) is 8.90. The van der Waals surface area contributed by atoms with Crippen LogP contribution in [0.2, 0.25) is 0 Å². The number of carbonyl (C=O) groups is 1. The maximum Gasteiger partial charge on any atom is 0.265 e. The van der Waals surface area contributed by atoms with Gasteiger partial charge in [0.25, 0.3) is 10.0 Å². The predicted octanol–water partition coefficient (Wildman–Crippen LogP) is 3.91. The Morgan fingerprint density at radius 1 is 0.966 bits per heavy atom. The maximum absolute atomic E-state index is 13.2. The summed E-state index contributed by atoms with van der Waals surface area (Å²) in [6, 6.07) is 14.9. The topological polar surface area (TPSA) is 83.9 Å². The molecule has 0 spiro atoms. The molecule has 1 N–H and O–H groups in total. The average Bonchev–Trinajstić information content (AvgIpc) is 2.67. The van der Waals surface area contributed by atoms with Gasteiger partial charge >= 0.3 is 0 Å². The van der Waals surface area contributed by atoms with E-state index in [4.69, 9.17) is 4.84 Å². The molecule has 0 saturated heterocycles. The van der Waals surface area contributed by atoms with E-state index in [1.807, 2.05) is 30.3 Å². The Labute approximate surface area is 174 Å². The van der Waals surface area contributed by atoms with Crippen LogP contribution in [0.25, 0.3) is 11.1 Å². The molecule has 2 rings (SSSR count). The smallest absolute Gasteiger partial charge is 0.265 e. The molecule has 2 aromatic carbocycles. The van der Waals surface area contributed by atoms with Gasteiger partial charge in [-0.15, -0.1) is 0 Å². The molecule has 0 aliphatic rings. The molecular weight excluding hydrogens is 390 g/mol. The standard InChI is InChI=1S/C21H27NO5S.CH4/c1-15(2)21(20(24)14-23)22(27-16(3)4)28(25,26)19-12-10-18(11-13-19)17-8-6-5-7-9-17;/h5-13,15-16,21,23H,14H2,1-4H3;1H4/t21-;/m1./s1. The van der Waals surface area contributed by atoms with Crippen LogP contribution in [0.1, 0.15) is 35.1 Å². The van der Waals surface area contributed by atoms with Crippen molar-refractivity contribution in [1.29, 1.82) is 0 Å². The lowest BCUT2D eigenvalue weighted by atomic mass is 10.0. The summed E-state index contributed by atoms with van der Waals surface area (Å²) in [5.41, 5.74) is 1.85. The number of rotatable bonds is 9. The Balaban J connectivity index is 0.00000420. The van der Waals surface area contributed by atoms with Crippen molar-refractivity contribution < 1.29 is 23.2 Å². The number of hydroxylamine groups is 1. The summed E-state index contributed by atoms with van der Waals surface area (Å²) >= 11 is 0. The molecule has 7 heteroatoms. The average molecular weight is 422 g/mol. The highest BCUT2D eigenvalue weighted by Crippen LogP contribution is 2.27. The molecule has 0 aliphatic heterocycles. The summed E-state index contributed by atoms with van der Waals surface area (Å²) < 4.78 is 27.2. The van der Waals surface area contributed by atoms with Crippen molar-refractivity contribution in [2.75, 3.05) is 6.61 Å². The molecule has 0 radical (unpaired) electrons. The number of carbonyl (C=O) groups excluding carboxylic acids is 1. The van der Waals surface area contributed by atoms with Crippen molar-refractivity contribution in [2.45, 2.75) is 52.2 Å². The van der Waals surface area contributed by atoms with Crippen molar-refractivity contribution >= 4 is 15.8 Å². The Bertz CT molecular complexity index is 877. The zero-order chi connectivity index (χ0) is 20.9. The fraction of sp³-hybridized carbons (Fsp3) is 0.409. The first-order valence-electron chi connectivity index (χ1n) is 9.18. The molecule has 0 amide bonds. The van der Waals surface area contributed by atoms with Crippen LogP contribution in [0.15, 0.2) is 59.5 Å². The number of aliphatic hydroxyl groups is 1. The molecule has 0 unspecified atom stereocenters. The van der Waals surface area contributed by atoms with E-state index in [1.54, 1.807) is 39.8 Å². The van der Waals surface area contributed by atoms with Crippen LogP contribution in [0.3, 0.4) is 0 Å². The van der Waals surface area contributed by atoms with Gasteiger partial charge in [0, 0.05) is 0 Å². The van der Waals surface area contributed by atoms with Crippen LogP contribution in [0, 0.1) is 5.92 Å². The lowest BCUT2D eigenvalue weighted by Crippen LogP contribution is -2.49. The van der Waals surface area contributed by atoms with Crippen molar-refractivity contribution in [3.05, 3.63) is 54.6 Å². The molecule has 6 nitrogen and oxygen atoms in total. The number of sulfonamides is 1. The highest BCUT2D eigenvalue weighted by atomic mass is 32.2. The van der Waals surface area contributed by atoms with E-state index in [0.29, 0.717) is 0 Å². The minimum Gasteiger partial charge on any atom is -0.389 e. The zero-order valence-electron chi connectivity index (χ0n) is 16.6. The van der Waals surface area contributed by atoms with Crippen molar-refractivity contribution in [2.24, 2.45) is 5.92 Å². The van der Waals surface area contributed by atoms with Gasteiger partial charge < -0.3 is 5.11 Å². The normalized spacial score (nSPS) is 12.8. The molecule has 0 aliphatic carbocycles. The number of hydrogen-bond donors (Lipinski definition) is 1. The molecule has 0 fully saturated rings. The first-order valence-corrected chi connectivity index (χ1v) is 10.6. The van der Waals surface area contributed by atoms with Crippen molar-refractivity contribution in [1.82, 2.24) is 4.47 Å². The SMILES string of the molecule is C.CC(C)ON([C@@H](C(=O)CO)C(C)C)S(=O)(=O)c1ccc(-c2ccccc2)cc1. The first kappa shape index (κ1) is 25.0. The Hall–Kier alpha value is -2.06. The van der Waals surface area contributed by atoms with E-state index < -0.39 is 34.6 Å². The first-order chi connectivity index (χ1) is 13.2. The maximum atomic E-state index is 13.2. The number of aliphatic hydroxyl groups excluding tert-OH is 1. The van der Waals surface area contributed by atoms with E-state index in [2.05, 4.69) is 0 Å². The monoisotopic (exact) mass is 421 g/mol. The molecule has 160 valence electrons. The van der Waals surface area contributed by atoms with E-state index in [0.717, 1.165) is 15.6 Å².